The van der Waals surface area contributed by atoms with Crippen molar-refractivity contribution in [2.24, 2.45) is 0 Å². The van der Waals surface area contributed by atoms with E-state index >= 15 is 0 Å². The first-order valence-electron chi connectivity index (χ1n) is 8.80. The Morgan fingerprint density at radius 1 is 1.15 bits per heavy atom. The number of benzene rings is 1. The molecule has 1 aromatic heterocycles. The van der Waals surface area contributed by atoms with Crippen molar-refractivity contribution in [3.05, 3.63) is 57.0 Å². The Morgan fingerprint density at radius 2 is 1.96 bits per heavy atom. The van der Waals surface area contributed by atoms with E-state index in [1.807, 2.05) is 6.07 Å². The standard InChI is InChI=1S/C20H21FN2O3S/c1-26-16-9-7-13(11-15(16)21)8-10-19(24)22-23-20(25)18-12-14-5-3-2-4-6-17(14)27-18/h7-12H,2-6H2,1H3,(H,22,24)(H,23,25)/b10-8+. The van der Waals surface area contributed by atoms with Crippen molar-refractivity contribution >= 4 is 29.2 Å². The molecule has 1 aromatic carbocycles. The van der Waals surface area contributed by atoms with Gasteiger partial charge in [-0.3, -0.25) is 20.4 Å². The van der Waals surface area contributed by atoms with Crippen LogP contribution in [0.25, 0.3) is 6.08 Å². The topological polar surface area (TPSA) is 67.4 Å². The fourth-order valence-electron chi connectivity index (χ4n) is 2.96. The van der Waals surface area contributed by atoms with Crippen molar-refractivity contribution < 1.29 is 18.7 Å². The number of thiophene rings is 1. The maximum absolute atomic E-state index is 13.6. The molecule has 7 heteroatoms. The van der Waals surface area contributed by atoms with Gasteiger partial charge in [-0.15, -0.1) is 11.3 Å². The van der Waals surface area contributed by atoms with E-state index in [0.29, 0.717) is 10.4 Å². The summed E-state index contributed by atoms with van der Waals surface area (Å²) in [6, 6.07) is 6.29. The van der Waals surface area contributed by atoms with Gasteiger partial charge in [0, 0.05) is 11.0 Å². The molecule has 0 unspecified atom stereocenters. The molecule has 2 aromatic rings. The number of nitrogens with one attached hydrogen (secondary N) is 2. The Balaban J connectivity index is 1.54. The van der Waals surface area contributed by atoms with Gasteiger partial charge in [0.25, 0.3) is 11.8 Å². The number of ether oxygens (including phenoxy) is 1. The molecule has 1 aliphatic rings. The average molecular weight is 388 g/mol. The summed E-state index contributed by atoms with van der Waals surface area (Å²) in [6.45, 7) is 0. The number of carbonyl (C=O) groups excluding carboxylic acids is 2. The molecule has 0 bridgehead atoms. The van der Waals surface area contributed by atoms with E-state index in [2.05, 4.69) is 10.9 Å². The van der Waals surface area contributed by atoms with Crippen LogP contribution >= 0.6 is 11.3 Å². The molecular weight excluding hydrogens is 367 g/mol. The Bertz CT molecular complexity index is 853. The molecule has 0 spiro atoms. The number of methoxy groups -OCH3 is 1. The first-order valence-corrected chi connectivity index (χ1v) is 9.62. The molecule has 0 fully saturated rings. The van der Waals surface area contributed by atoms with E-state index in [1.54, 1.807) is 6.07 Å². The second-order valence-electron chi connectivity index (χ2n) is 6.29. The van der Waals surface area contributed by atoms with Crippen LogP contribution in [-0.4, -0.2) is 18.9 Å². The van der Waals surface area contributed by atoms with Crippen LogP contribution in [0, 0.1) is 5.82 Å². The molecule has 0 atom stereocenters. The molecule has 0 saturated carbocycles. The van der Waals surface area contributed by atoms with Gasteiger partial charge in [0.15, 0.2) is 11.6 Å². The maximum atomic E-state index is 13.6. The van der Waals surface area contributed by atoms with E-state index in [9.17, 15) is 14.0 Å². The highest BCUT2D eigenvalue weighted by Gasteiger charge is 2.16. The molecule has 1 heterocycles. The van der Waals surface area contributed by atoms with Crippen molar-refractivity contribution in [2.75, 3.05) is 7.11 Å². The number of rotatable bonds is 4. The Labute approximate surface area is 161 Å². The zero-order chi connectivity index (χ0) is 19.2. The molecule has 142 valence electrons. The van der Waals surface area contributed by atoms with Gasteiger partial charge in [0.1, 0.15) is 0 Å². The van der Waals surface area contributed by atoms with E-state index in [-0.39, 0.29) is 11.7 Å². The number of halogens is 1. The van der Waals surface area contributed by atoms with E-state index in [0.717, 1.165) is 25.7 Å². The van der Waals surface area contributed by atoms with Gasteiger partial charge >= 0.3 is 0 Å². The average Bonchev–Trinajstić information content (AvgIpc) is 2.95. The van der Waals surface area contributed by atoms with E-state index < -0.39 is 11.7 Å². The predicted molar refractivity (Wildman–Crippen MR) is 103 cm³/mol. The van der Waals surface area contributed by atoms with Crippen LogP contribution in [0.1, 0.15) is 44.9 Å². The van der Waals surface area contributed by atoms with E-state index in [1.165, 1.54) is 59.6 Å². The van der Waals surface area contributed by atoms with Gasteiger partial charge in [-0.2, -0.15) is 0 Å². The molecule has 0 aliphatic heterocycles. The van der Waals surface area contributed by atoms with Gasteiger partial charge in [0.2, 0.25) is 0 Å². The lowest BCUT2D eigenvalue weighted by atomic mass is 10.1. The summed E-state index contributed by atoms with van der Waals surface area (Å²) in [5.41, 5.74) is 6.52. The second kappa shape index (κ2) is 8.81. The Hall–Kier alpha value is -2.67. The minimum Gasteiger partial charge on any atom is -0.494 e. The third-order valence-corrected chi connectivity index (χ3v) is 5.61. The van der Waals surface area contributed by atoms with Crippen LogP contribution in [0.4, 0.5) is 4.39 Å². The highest BCUT2D eigenvalue weighted by Crippen LogP contribution is 2.28. The third kappa shape index (κ3) is 4.95. The molecule has 0 saturated heterocycles. The summed E-state index contributed by atoms with van der Waals surface area (Å²) < 4.78 is 18.5. The van der Waals surface area contributed by atoms with Crippen molar-refractivity contribution in [1.82, 2.24) is 10.9 Å². The molecule has 0 radical (unpaired) electrons. The lowest BCUT2D eigenvalue weighted by Crippen LogP contribution is -2.40. The van der Waals surface area contributed by atoms with Gasteiger partial charge in [0.05, 0.1) is 12.0 Å². The van der Waals surface area contributed by atoms with Gasteiger partial charge < -0.3 is 4.74 Å². The molecule has 1 aliphatic carbocycles. The number of hydrogen-bond acceptors (Lipinski definition) is 4. The molecule has 27 heavy (non-hydrogen) atoms. The summed E-state index contributed by atoms with van der Waals surface area (Å²) in [6.07, 6.45) is 8.24. The monoisotopic (exact) mass is 388 g/mol. The highest BCUT2D eigenvalue weighted by atomic mass is 32.1. The third-order valence-electron chi connectivity index (χ3n) is 4.37. The number of fused-ring (bicyclic) bond motifs is 1. The summed E-state index contributed by atoms with van der Waals surface area (Å²) >= 11 is 1.49. The second-order valence-corrected chi connectivity index (χ2v) is 7.43. The van der Waals surface area contributed by atoms with Gasteiger partial charge in [-0.1, -0.05) is 12.5 Å². The van der Waals surface area contributed by atoms with Crippen molar-refractivity contribution in [2.45, 2.75) is 32.1 Å². The number of hydrogen-bond donors (Lipinski definition) is 2. The number of aryl methyl sites for hydroxylation is 2. The lowest BCUT2D eigenvalue weighted by molar-refractivity contribution is -0.117. The van der Waals surface area contributed by atoms with Crippen LogP contribution in [0.2, 0.25) is 0 Å². The molecule has 2 amide bonds. The van der Waals surface area contributed by atoms with Gasteiger partial charge in [-0.05, 0) is 61.1 Å². The van der Waals surface area contributed by atoms with Crippen LogP contribution in [0.15, 0.2) is 30.3 Å². The zero-order valence-corrected chi connectivity index (χ0v) is 15.8. The first-order chi connectivity index (χ1) is 13.1. The summed E-state index contributed by atoms with van der Waals surface area (Å²) in [4.78, 5) is 26.0. The Kier molecular flexibility index (Phi) is 6.24. The lowest BCUT2D eigenvalue weighted by Gasteiger charge is -2.04. The minimum atomic E-state index is -0.508. The van der Waals surface area contributed by atoms with Gasteiger partial charge in [-0.25, -0.2) is 4.39 Å². The van der Waals surface area contributed by atoms with Crippen LogP contribution in [-0.2, 0) is 17.6 Å². The SMILES string of the molecule is COc1ccc(/C=C/C(=O)NNC(=O)c2cc3c(s2)CCCCC3)cc1F. The fourth-order valence-corrected chi connectivity index (χ4v) is 4.11. The number of carbonyl (C=O) groups is 2. The van der Waals surface area contributed by atoms with Crippen LogP contribution < -0.4 is 15.6 Å². The first kappa shape index (κ1) is 19.1. The van der Waals surface area contributed by atoms with Crippen molar-refractivity contribution in [3.63, 3.8) is 0 Å². The van der Waals surface area contributed by atoms with Crippen LogP contribution in [0.5, 0.6) is 5.75 Å². The molecule has 5 nitrogen and oxygen atoms in total. The number of hydrazine groups is 1. The summed E-state index contributed by atoms with van der Waals surface area (Å²) in [5.74, 6) is -1.20. The molecule has 3 rings (SSSR count). The predicted octanol–water partition coefficient (Wildman–Crippen LogP) is 3.64. The quantitative estimate of drug-likeness (QED) is 0.477. The van der Waals surface area contributed by atoms with Crippen molar-refractivity contribution in [1.29, 1.82) is 0 Å². The molecule has 2 N–H and O–H groups in total. The molecular formula is C20H21FN2O3S. The highest BCUT2D eigenvalue weighted by molar-refractivity contribution is 7.14. The zero-order valence-electron chi connectivity index (χ0n) is 15.0. The van der Waals surface area contributed by atoms with Crippen LogP contribution in [0.3, 0.4) is 0 Å². The fraction of sp³-hybridized carbons (Fsp3) is 0.300. The minimum absolute atomic E-state index is 0.137. The smallest absolute Gasteiger partial charge is 0.279 e. The maximum Gasteiger partial charge on any atom is 0.279 e. The van der Waals surface area contributed by atoms with E-state index in [4.69, 9.17) is 4.74 Å². The number of amides is 2. The summed E-state index contributed by atoms with van der Waals surface area (Å²) in [7, 11) is 1.38. The Morgan fingerprint density at radius 3 is 2.74 bits per heavy atom. The normalized spacial score (nSPS) is 13.7. The van der Waals surface area contributed by atoms with Crippen molar-refractivity contribution in [3.8, 4) is 5.75 Å². The summed E-state index contributed by atoms with van der Waals surface area (Å²) in [5, 5.41) is 0. The largest absolute Gasteiger partial charge is 0.494 e.